The van der Waals surface area contributed by atoms with E-state index in [0.717, 1.165) is 35.1 Å². The number of anilines is 1. The number of benzene rings is 1. The Kier molecular flexibility index (Phi) is 5.58. The largest absolute Gasteiger partial charge is 0.350 e. The summed E-state index contributed by atoms with van der Waals surface area (Å²) in [6.07, 6.45) is 7.00. The molecule has 0 saturated carbocycles. The van der Waals surface area contributed by atoms with E-state index in [1.165, 1.54) is 12.1 Å². The molecule has 0 radical (unpaired) electrons. The summed E-state index contributed by atoms with van der Waals surface area (Å²) in [6.45, 7) is 1.42. The molecule has 32 heavy (non-hydrogen) atoms. The third-order valence-electron chi connectivity index (χ3n) is 5.69. The number of likely N-dealkylation sites (tertiary alicyclic amines) is 1. The second kappa shape index (κ2) is 8.67. The Morgan fingerprint density at radius 2 is 1.91 bits per heavy atom. The molecule has 3 aromatic heterocycles. The fourth-order valence-electron chi connectivity index (χ4n) is 4.11. The number of rotatable bonds is 6. The van der Waals surface area contributed by atoms with Crippen LogP contribution in [0.5, 0.6) is 0 Å². The van der Waals surface area contributed by atoms with E-state index in [0.29, 0.717) is 24.7 Å². The van der Waals surface area contributed by atoms with Crippen molar-refractivity contribution in [1.82, 2.24) is 29.7 Å². The van der Waals surface area contributed by atoms with Crippen molar-refractivity contribution in [3.8, 4) is 22.3 Å². The maximum Gasteiger partial charge on any atom is 0.243 e. The summed E-state index contributed by atoms with van der Waals surface area (Å²) in [4.78, 5) is 6.68. The van der Waals surface area contributed by atoms with Crippen molar-refractivity contribution in [1.29, 1.82) is 0 Å². The Morgan fingerprint density at radius 3 is 2.59 bits per heavy atom. The van der Waals surface area contributed by atoms with Crippen molar-refractivity contribution in [2.75, 3.05) is 24.3 Å². The molecule has 11 heteroatoms. The van der Waals surface area contributed by atoms with Crippen LogP contribution in [0.15, 0.2) is 48.9 Å². The summed E-state index contributed by atoms with van der Waals surface area (Å²) in [6, 6.07) is 8.42. The van der Waals surface area contributed by atoms with E-state index < -0.39 is 10.7 Å². The molecule has 0 aliphatic carbocycles. The van der Waals surface area contributed by atoms with Crippen molar-refractivity contribution >= 4 is 22.3 Å². The number of H-pyrrole nitrogens is 1. The van der Waals surface area contributed by atoms with Crippen LogP contribution in [-0.2, 0) is 10.7 Å². The van der Waals surface area contributed by atoms with Gasteiger partial charge in [-0.15, -0.1) is 5.10 Å². The van der Waals surface area contributed by atoms with Gasteiger partial charge in [0.15, 0.2) is 16.4 Å². The third-order valence-corrected chi connectivity index (χ3v) is 6.32. The van der Waals surface area contributed by atoms with Gasteiger partial charge in [-0.1, -0.05) is 12.1 Å². The molecule has 1 aliphatic rings. The number of thiol groups is 1. The van der Waals surface area contributed by atoms with Gasteiger partial charge >= 0.3 is 0 Å². The van der Waals surface area contributed by atoms with E-state index in [9.17, 15) is 12.8 Å². The summed E-state index contributed by atoms with van der Waals surface area (Å²) < 4.78 is 37.2. The zero-order chi connectivity index (χ0) is 22.1. The summed E-state index contributed by atoms with van der Waals surface area (Å²) in [5.41, 5.74) is 4.12. The fourth-order valence-corrected chi connectivity index (χ4v) is 4.72. The molecule has 0 atom stereocenters. The lowest BCUT2D eigenvalue weighted by atomic mass is 9.98. The van der Waals surface area contributed by atoms with Gasteiger partial charge in [0, 0.05) is 42.7 Å². The van der Waals surface area contributed by atoms with E-state index in [4.69, 9.17) is 4.98 Å². The highest BCUT2D eigenvalue weighted by molar-refractivity contribution is 7.72. The molecule has 1 aliphatic heterocycles. The third kappa shape index (κ3) is 4.21. The highest BCUT2D eigenvalue weighted by Gasteiger charge is 2.22. The standard InChI is InChI=1S/C21H22FN7O2S/c22-16-3-1-14(2-4-16)19-18(15-11-23-24-12-15)7-10-29-20(19)26-21(27-29)25-17-5-8-28(9-6-17)13-32(30)31/h1-4,7,10-12,17,32H,5-6,8-9,13H2,(H,23,24)(H,25,27). The Morgan fingerprint density at radius 1 is 1.12 bits per heavy atom. The number of hydrogen-bond donors (Lipinski definition) is 3. The second-order valence-corrected chi connectivity index (χ2v) is 8.76. The minimum atomic E-state index is -2.40. The summed E-state index contributed by atoms with van der Waals surface area (Å²) in [5.74, 6) is 0.306. The van der Waals surface area contributed by atoms with Gasteiger partial charge < -0.3 is 5.32 Å². The smallest absolute Gasteiger partial charge is 0.243 e. The van der Waals surface area contributed by atoms with Crippen LogP contribution in [-0.4, -0.2) is 63.1 Å². The van der Waals surface area contributed by atoms with Crippen molar-refractivity contribution < 1.29 is 12.8 Å². The first-order valence-corrected chi connectivity index (χ1v) is 11.7. The van der Waals surface area contributed by atoms with Crippen LogP contribution in [0.4, 0.5) is 10.3 Å². The van der Waals surface area contributed by atoms with Gasteiger partial charge in [-0.2, -0.15) is 10.1 Å². The van der Waals surface area contributed by atoms with Crippen LogP contribution in [0.25, 0.3) is 27.9 Å². The van der Waals surface area contributed by atoms with E-state index in [1.807, 2.05) is 17.2 Å². The molecule has 1 saturated heterocycles. The lowest BCUT2D eigenvalue weighted by Gasteiger charge is -2.30. The molecular formula is C21H22FN7O2S. The SMILES string of the molecule is O=[SH](=O)CN1CCC(Nc2nc3c(-c4ccc(F)cc4)c(-c4cn[nH]c4)ccn3n2)CC1. The van der Waals surface area contributed by atoms with Crippen LogP contribution in [0.1, 0.15) is 12.8 Å². The molecule has 0 amide bonds. The molecule has 1 fully saturated rings. The van der Waals surface area contributed by atoms with E-state index in [1.54, 1.807) is 29.0 Å². The van der Waals surface area contributed by atoms with Crippen LogP contribution < -0.4 is 5.32 Å². The lowest BCUT2D eigenvalue weighted by molar-refractivity contribution is 0.250. The van der Waals surface area contributed by atoms with Crippen molar-refractivity contribution in [3.05, 3.63) is 54.7 Å². The van der Waals surface area contributed by atoms with Gasteiger partial charge in [-0.05, 0) is 42.2 Å². The highest BCUT2D eigenvalue weighted by atomic mass is 32.2. The van der Waals surface area contributed by atoms with Crippen LogP contribution in [0.2, 0.25) is 0 Å². The number of aromatic amines is 1. The Labute approximate surface area is 185 Å². The van der Waals surface area contributed by atoms with Gasteiger partial charge in [-0.3, -0.25) is 10.00 Å². The quantitative estimate of drug-likeness (QED) is 0.383. The minimum Gasteiger partial charge on any atom is -0.350 e. The monoisotopic (exact) mass is 455 g/mol. The zero-order valence-corrected chi connectivity index (χ0v) is 18.0. The molecule has 166 valence electrons. The van der Waals surface area contributed by atoms with E-state index in [-0.39, 0.29) is 17.7 Å². The van der Waals surface area contributed by atoms with Crippen molar-refractivity contribution in [2.24, 2.45) is 0 Å². The molecule has 2 N–H and O–H groups in total. The number of nitrogens with zero attached hydrogens (tertiary/aromatic N) is 5. The van der Waals surface area contributed by atoms with E-state index >= 15 is 0 Å². The molecule has 4 heterocycles. The first-order valence-electron chi connectivity index (χ1n) is 10.3. The predicted octanol–water partition coefficient (Wildman–Crippen LogP) is 2.37. The molecule has 0 unspecified atom stereocenters. The maximum atomic E-state index is 13.6. The first kappa shape index (κ1) is 20.6. The first-order chi connectivity index (χ1) is 15.6. The molecule has 9 nitrogen and oxygen atoms in total. The molecular weight excluding hydrogens is 433 g/mol. The Hall–Kier alpha value is -3.31. The van der Waals surface area contributed by atoms with Crippen molar-refractivity contribution in [2.45, 2.75) is 18.9 Å². The van der Waals surface area contributed by atoms with Gasteiger partial charge in [0.05, 0.1) is 12.1 Å². The normalized spacial score (nSPS) is 15.6. The van der Waals surface area contributed by atoms with Crippen LogP contribution >= 0.6 is 0 Å². The number of pyridine rings is 1. The van der Waals surface area contributed by atoms with Crippen LogP contribution in [0, 0.1) is 5.82 Å². The van der Waals surface area contributed by atoms with Crippen molar-refractivity contribution in [3.63, 3.8) is 0 Å². The number of nitrogens with one attached hydrogen (secondary N) is 2. The summed E-state index contributed by atoms with van der Waals surface area (Å²) >= 11 is 0. The fraction of sp³-hybridized carbons (Fsp3) is 0.286. The number of hydrogen-bond acceptors (Lipinski definition) is 7. The highest BCUT2D eigenvalue weighted by Crippen LogP contribution is 2.35. The van der Waals surface area contributed by atoms with Crippen LogP contribution in [0.3, 0.4) is 0 Å². The second-order valence-electron chi connectivity index (χ2n) is 7.81. The molecule has 5 rings (SSSR count). The predicted molar refractivity (Wildman–Crippen MR) is 119 cm³/mol. The van der Waals surface area contributed by atoms with E-state index in [2.05, 4.69) is 20.6 Å². The van der Waals surface area contributed by atoms with Gasteiger partial charge in [-0.25, -0.2) is 17.3 Å². The number of halogens is 1. The average molecular weight is 456 g/mol. The Bertz CT molecular complexity index is 1290. The average Bonchev–Trinajstić information content (AvgIpc) is 3.44. The Balaban J connectivity index is 1.47. The number of piperidine rings is 1. The number of aromatic nitrogens is 5. The molecule has 1 aromatic carbocycles. The maximum absolute atomic E-state index is 13.6. The molecule has 0 spiro atoms. The summed E-state index contributed by atoms with van der Waals surface area (Å²) in [5, 5.41) is 14.9. The number of fused-ring (bicyclic) bond motifs is 1. The zero-order valence-electron chi connectivity index (χ0n) is 17.1. The topological polar surface area (TPSA) is 108 Å². The van der Waals surface area contributed by atoms with Gasteiger partial charge in [0.1, 0.15) is 5.82 Å². The molecule has 4 aromatic rings. The molecule has 0 bridgehead atoms. The summed E-state index contributed by atoms with van der Waals surface area (Å²) in [7, 11) is -2.40. The van der Waals surface area contributed by atoms with Gasteiger partial charge in [0.25, 0.3) is 0 Å². The minimum absolute atomic E-state index is 0.104. The lowest BCUT2D eigenvalue weighted by Crippen LogP contribution is -2.40. The van der Waals surface area contributed by atoms with Gasteiger partial charge in [0.2, 0.25) is 5.95 Å².